The highest BCUT2D eigenvalue weighted by atomic mass is 79.9. The van der Waals surface area contributed by atoms with Crippen molar-refractivity contribution in [1.82, 2.24) is 0 Å². The average molecular weight is 319 g/mol. The van der Waals surface area contributed by atoms with Crippen LogP contribution in [0, 0.1) is 0 Å². The Morgan fingerprint density at radius 2 is 1.67 bits per heavy atom. The molecule has 1 N–H and O–H groups in total. The van der Waals surface area contributed by atoms with Gasteiger partial charge in [-0.1, -0.05) is 0 Å². The molecule has 0 spiro atoms. The van der Waals surface area contributed by atoms with Crippen molar-refractivity contribution >= 4 is 27.7 Å². The number of ether oxygens (including phenoxy) is 3. The van der Waals surface area contributed by atoms with Crippen molar-refractivity contribution in [1.29, 1.82) is 0 Å². The van der Waals surface area contributed by atoms with Crippen LogP contribution in [-0.2, 0) is 4.79 Å². The predicted octanol–water partition coefficient (Wildman–Crippen LogP) is 1.74. The van der Waals surface area contributed by atoms with E-state index in [-0.39, 0.29) is 21.5 Å². The fourth-order valence-corrected chi connectivity index (χ4v) is 2.01. The molecule has 0 fully saturated rings. The van der Waals surface area contributed by atoms with E-state index in [1.54, 1.807) is 0 Å². The Hall–Kier alpha value is -1.76. The minimum atomic E-state index is -1.58. The average Bonchev–Trinajstić information content (AvgIpc) is 2.36. The summed E-state index contributed by atoms with van der Waals surface area (Å²) in [5, 5.41) is 8.77. The molecular weight excluding hydrogens is 308 g/mol. The Bertz CT molecular complexity index is 497. The van der Waals surface area contributed by atoms with Gasteiger partial charge in [0.05, 0.1) is 26.9 Å². The lowest BCUT2D eigenvalue weighted by Gasteiger charge is -2.15. The molecule has 0 aliphatic rings. The summed E-state index contributed by atoms with van der Waals surface area (Å²) in [6.07, 6.45) is 0. The molecular formula is C11H11BrO6. The zero-order valence-electron chi connectivity index (χ0n) is 9.94. The molecule has 0 heterocycles. The summed E-state index contributed by atoms with van der Waals surface area (Å²) in [5.74, 6) is -2.19. The zero-order chi connectivity index (χ0) is 13.9. The fourth-order valence-electron chi connectivity index (χ4n) is 1.44. The summed E-state index contributed by atoms with van der Waals surface area (Å²) < 4.78 is 15.4. The van der Waals surface area contributed by atoms with E-state index in [9.17, 15) is 9.59 Å². The number of carboxylic acid groups (broad SMARTS) is 1. The van der Waals surface area contributed by atoms with E-state index < -0.39 is 11.8 Å². The Morgan fingerprint density at radius 1 is 1.11 bits per heavy atom. The number of Topliss-reactive ketones (excluding diaryl/α,β-unsaturated/α-hetero) is 1. The summed E-state index contributed by atoms with van der Waals surface area (Å²) >= 11 is 3.11. The molecule has 0 atom stereocenters. The summed E-state index contributed by atoms with van der Waals surface area (Å²) in [4.78, 5) is 22.4. The second-order valence-corrected chi connectivity index (χ2v) is 3.99. The summed E-state index contributed by atoms with van der Waals surface area (Å²) in [5.41, 5.74) is -0.123. The van der Waals surface area contributed by atoms with Crippen molar-refractivity contribution in [2.24, 2.45) is 0 Å². The standard InChI is InChI=1S/C11H11BrO6/c1-16-6-4-5(12)7(8(13)11(14)15)10(18-3)9(6)17-2/h4H,1-3H3,(H,14,15). The zero-order valence-corrected chi connectivity index (χ0v) is 11.5. The number of carbonyl (C=O) groups excluding carboxylic acids is 1. The first kappa shape index (κ1) is 14.3. The first-order valence-electron chi connectivity index (χ1n) is 4.74. The third kappa shape index (κ3) is 2.40. The second kappa shape index (κ2) is 5.72. The van der Waals surface area contributed by atoms with Crippen LogP contribution in [0.5, 0.6) is 17.2 Å². The number of halogens is 1. The number of carboxylic acids is 1. The summed E-state index contributed by atoms with van der Waals surface area (Å²) in [7, 11) is 4.09. The molecule has 0 saturated heterocycles. The molecule has 6 nitrogen and oxygen atoms in total. The van der Waals surface area contributed by atoms with E-state index in [0.29, 0.717) is 5.75 Å². The molecule has 0 aromatic heterocycles. The van der Waals surface area contributed by atoms with Gasteiger partial charge < -0.3 is 19.3 Å². The molecule has 1 aromatic carbocycles. The van der Waals surface area contributed by atoms with Gasteiger partial charge in [-0.25, -0.2) is 4.79 Å². The van der Waals surface area contributed by atoms with Gasteiger partial charge in [-0.15, -0.1) is 0 Å². The Morgan fingerprint density at radius 3 is 2.06 bits per heavy atom. The summed E-state index contributed by atoms with van der Waals surface area (Å²) in [6, 6.07) is 1.44. The number of carbonyl (C=O) groups is 2. The maximum absolute atomic E-state index is 11.6. The summed E-state index contributed by atoms with van der Waals surface area (Å²) in [6.45, 7) is 0. The number of benzene rings is 1. The highest BCUT2D eigenvalue weighted by molar-refractivity contribution is 9.10. The van der Waals surface area contributed by atoms with Gasteiger partial charge >= 0.3 is 5.97 Å². The second-order valence-electron chi connectivity index (χ2n) is 3.14. The van der Waals surface area contributed by atoms with Crippen molar-refractivity contribution in [3.8, 4) is 17.2 Å². The first-order chi connectivity index (χ1) is 8.47. The molecule has 0 bridgehead atoms. The van der Waals surface area contributed by atoms with E-state index in [4.69, 9.17) is 19.3 Å². The van der Waals surface area contributed by atoms with Gasteiger partial charge in [-0.3, -0.25) is 4.79 Å². The van der Waals surface area contributed by atoms with Crippen molar-refractivity contribution in [2.75, 3.05) is 21.3 Å². The maximum atomic E-state index is 11.6. The quantitative estimate of drug-likeness (QED) is 0.658. The number of ketones is 1. The molecule has 18 heavy (non-hydrogen) atoms. The molecule has 7 heteroatoms. The smallest absolute Gasteiger partial charge is 0.377 e. The molecule has 1 aromatic rings. The third-order valence-electron chi connectivity index (χ3n) is 2.20. The van der Waals surface area contributed by atoms with Crippen molar-refractivity contribution in [3.63, 3.8) is 0 Å². The van der Waals surface area contributed by atoms with E-state index in [2.05, 4.69) is 15.9 Å². The Labute approximate surface area is 112 Å². The van der Waals surface area contributed by atoms with Crippen LogP contribution in [0.1, 0.15) is 10.4 Å². The molecule has 0 amide bonds. The molecule has 0 aliphatic heterocycles. The van der Waals surface area contributed by atoms with Crippen LogP contribution in [0.4, 0.5) is 0 Å². The Kier molecular flexibility index (Phi) is 4.55. The fraction of sp³-hybridized carbons (Fsp3) is 0.273. The van der Waals surface area contributed by atoms with Crippen LogP contribution in [0.2, 0.25) is 0 Å². The number of hydrogen-bond donors (Lipinski definition) is 1. The highest BCUT2D eigenvalue weighted by Crippen LogP contribution is 2.43. The van der Waals surface area contributed by atoms with E-state index in [1.807, 2.05) is 0 Å². The van der Waals surface area contributed by atoms with Crippen LogP contribution in [-0.4, -0.2) is 38.2 Å². The van der Waals surface area contributed by atoms with Gasteiger partial charge in [-0.2, -0.15) is 0 Å². The molecule has 0 aliphatic carbocycles. The van der Waals surface area contributed by atoms with Crippen molar-refractivity contribution < 1.29 is 28.9 Å². The SMILES string of the molecule is COc1cc(Br)c(C(=O)C(=O)O)c(OC)c1OC. The van der Waals surface area contributed by atoms with Crippen LogP contribution in [0.25, 0.3) is 0 Å². The van der Waals surface area contributed by atoms with Gasteiger partial charge in [0.25, 0.3) is 5.78 Å². The first-order valence-corrected chi connectivity index (χ1v) is 5.53. The Balaban J connectivity index is 3.61. The van der Waals surface area contributed by atoms with Gasteiger partial charge in [-0.05, 0) is 22.0 Å². The van der Waals surface area contributed by atoms with E-state index >= 15 is 0 Å². The minimum Gasteiger partial charge on any atom is -0.493 e. The number of rotatable bonds is 5. The number of methoxy groups -OCH3 is 3. The highest BCUT2D eigenvalue weighted by Gasteiger charge is 2.28. The van der Waals surface area contributed by atoms with E-state index in [1.165, 1.54) is 27.4 Å². The normalized spacial score (nSPS) is 9.78. The van der Waals surface area contributed by atoms with E-state index in [0.717, 1.165) is 0 Å². The molecule has 98 valence electrons. The van der Waals surface area contributed by atoms with Crippen LogP contribution < -0.4 is 14.2 Å². The lowest BCUT2D eigenvalue weighted by molar-refractivity contribution is -0.131. The minimum absolute atomic E-state index is 0.0103. The topological polar surface area (TPSA) is 82.1 Å². The van der Waals surface area contributed by atoms with Gasteiger partial charge in [0.15, 0.2) is 11.5 Å². The lowest BCUT2D eigenvalue weighted by atomic mass is 10.1. The largest absolute Gasteiger partial charge is 0.493 e. The van der Waals surface area contributed by atoms with Crippen LogP contribution >= 0.6 is 15.9 Å². The third-order valence-corrected chi connectivity index (χ3v) is 2.83. The van der Waals surface area contributed by atoms with Crippen molar-refractivity contribution in [3.05, 3.63) is 16.1 Å². The van der Waals surface area contributed by atoms with Gasteiger partial charge in [0.2, 0.25) is 5.75 Å². The molecule has 1 rings (SSSR count). The maximum Gasteiger partial charge on any atom is 0.377 e. The molecule has 0 unspecified atom stereocenters. The van der Waals surface area contributed by atoms with Crippen molar-refractivity contribution in [2.45, 2.75) is 0 Å². The predicted molar refractivity (Wildman–Crippen MR) is 65.8 cm³/mol. The number of hydrogen-bond acceptors (Lipinski definition) is 5. The van der Waals surface area contributed by atoms with Gasteiger partial charge in [0.1, 0.15) is 0 Å². The molecule has 0 radical (unpaired) electrons. The van der Waals surface area contributed by atoms with Crippen LogP contribution in [0.15, 0.2) is 10.5 Å². The monoisotopic (exact) mass is 318 g/mol. The molecule has 0 saturated carbocycles. The van der Waals surface area contributed by atoms with Gasteiger partial charge in [0, 0.05) is 4.47 Å². The van der Waals surface area contributed by atoms with Crippen LogP contribution in [0.3, 0.4) is 0 Å². The number of aliphatic carboxylic acids is 1. The lowest BCUT2D eigenvalue weighted by Crippen LogP contribution is -2.15.